The van der Waals surface area contributed by atoms with E-state index >= 15 is 0 Å². The van der Waals surface area contributed by atoms with Crippen molar-refractivity contribution in [2.24, 2.45) is 0 Å². The van der Waals surface area contributed by atoms with Crippen LogP contribution in [0.5, 0.6) is 0 Å². The Hall–Kier alpha value is -4.89. The molecule has 0 atom stereocenters. The van der Waals surface area contributed by atoms with Gasteiger partial charge in [0, 0.05) is 43.8 Å². The summed E-state index contributed by atoms with van der Waals surface area (Å²) in [6.45, 7) is 0. The molecular formula is C37H30B8O3. The maximum atomic E-state index is 14.9. The van der Waals surface area contributed by atoms with Crippen LogP contribution in [0, 0.1) is 0 Å². The molecule has 3 nitrogen and oxygen atoms in total. The first-order chi connectivity index (χ1) is 23.1. The molecule has 11 heteroatoms. The lowest BCUT2D eigenvalue weighted by Gasteiger charge is -2.25. The third kappa shape index (κ3) is 4.23. The molecule has 8 aromatic rings. The number of para-hydroxylation sites is 4. The Bertz CT molecular complexity index is 2450. The zero-order valence-corrected chi connectivity index (χ0v) is 28.8. The van der Waals surface area contributed by atoms with Crippen LogP contribution >= 0.6 is 0 Å². The summed E-state index contributed by atoms with van der Waals surface area (Å²) in [5.74, 6) is 0.0828. The second kappa shape index (κ2) is 11.1. The number of fused-ring (bicyclic) bond motifs is 6. The van der Waals surface area contributed by atoms with E-state index in [1.54, 1.807) is 0 Å². The summed E-state index contributed by atoms with van der Waals surface area (Å²) in [5.41, 5.74) is 18.0. The molecule has 0 spiro atoms. The standard InChI is InChI=1S/C37H30B8O3/c38-27-23(19-11-5-9-17-15-7-1-3-13-21(15)47-36(17)19)28(39)32(43)25(31(27)42)35(46)26-33(44)29(40)24(30(41)34(26)45)20-12-6-10-18-16-8-2-4-14-22(16)48-37(18)20/h1-14H,38-45H2. The third-order valence-electron chi connectivity index (χ3n) is 11.1. The van der Waals surface area contributed by atoms with Crippen molar-refractivity contribution < 1.29 is 13.6 Å². The minimum Gasteiger partial charge on any atom is -0.455 e. The molecule has 220 valence electrons. The van der Waals surface area contributed by atoms with E-state index in [1.165, 1.54) is 0 Å². The Balaban J connectivity index is 1.30. The van der Waals surface area contributed by atoms with Crippen LogP contribution in [-0.2, 0) is 0 Å². The van der Waals surface area contributed by atoms with Gasteiger partial charge in [0.05, 0.1) is 0 Å². The van der Waals surface area contributed by atoms with Gasteiger partial charge in [-0.05, 0) is 23.3 Å². The summed E-state index contributed by atoms with van der Waals surface area (Å²) >= 11 is 0. The fourth-order valence-electron chi connectivity index (χ4n) is 8.13. The second-order valence-corrected chi connectivity index (χ2v) is 13.4. The summed E-state index contributed by atoms with van der Waals surface area (Å²) in [6.07, 6.45) is 0. The SMILES string of the molecule is Bc1c(B)c(-c2cccc3c2oc2ccccc23)c(B)c(B)c1C(=O)c1c(B)c(B)c(-c2cccc3c2oc2ccccc23)c(B)c1B. The van der Waals surface area contributed by atoms with Gasteiger partial charge in [0.25, 0.3) is 0 Å². The monoisotopic (exact) mass is 610 g/mol. The number of benzene rings is 6. The molecule has 0 saturated carbocycles. The molecule has 0 unspecified atom stereocenters. The Morgan fingerprint density at radius 2 is 0.729 bits per heavy atom. The summed E-state index contributed by atoms with van der Waals surface area (Å²) in [7, 11) is 16.9. The van der Waals surface area contributed by atoms with Gasteiger partial charge in [-0.15, -0.1) is 0 Å². The van der Waals surface area contributed by atoms with E-state index in [0.717, 1.165) is 121 Å². The van der Waals surface area contributed by atoms with Crippen LogP contribution in [0.1, 0.15) is 15.9 Å². The number of ketones is 1. The van der Waals surface area contributed by atoms with E-state index in [1.807, 2.05) is 36.4 Å². The number of furan rings is 2. The maximum Gasteiger partial charge on any atom is 0.190 e. The lowest BCUT2D eigenvalue weighted by molar-refractivity contribution is 0.104. The molecule has 0 aliphatic carbocycles. The number of carbonyl (C=O) groups excluding carboxylic acids is 1. The van der Waals surface area contributed by atoms with Gasteiger partial charge >= 0.3 is 0 Å². The van der Waals surface area contributed by atoms with Gasteiger partial charge in [-0.25, -0.2) is 0 Å². The highest BCUT2D eigenvalue weighted by Crippen LogP contribution is 2.36. The first-order valence-electron chi connectivity index (χ1n) is 16.7. The van der Waals surface area contributed by atoms with Crippen molar-refractivity contribution in [3.05, 3.63) is 96.1 Å². The number of carbonyl (C=O) groups is 1. The minimum absolute atomic E-state index is 0.0828. The summed E-state index contributed by atoms with van der Waals surface area (Å²) in [4.78, 5) is 14.9. The Morgan fingerprint density at radius 3 is 1.10 bits per heavy atom. The summed E-state index contributed by atoms with van der Waals surface area (Å²) in [6, 6.07) is 29.1. The van der Waals surface area contributed by atoms with Crippen molar-refractivity contribution >= 4 is 156 Å². The summed E-state index contributed by atoms with van der Waals surface area (Å²) < 4.78 is 12.9. The van der Waals surface area contributed by atoms with Gasteiger partial charge in [0.15, 0.2) is 5.78 Å². The molecule has 0 amide bonds. The van der Waals surface area contributed by atoms with E-state index in [0.29, 0.717) is 0 Å². The fourth-order valence-corrected chi connectivity index (χ4v) is 8.13. The van der Waals surface area contributed by atoms with Crippen molar-refractivity contribution in [1.82, 2.24) is 0 Å². The maximum absolute atomic E-state index is 14.9. The number of hydrogen-bond donors (Lipinski definition) is 0. The van der Waals surface area contributed by atoms with Gasteiger partial charge in [-0.1, -0.05) is 116 Å². The highest BCUT2D eigenvalue weighted by atomic mass is 16.3. The lowest BCUT2D eigenvalue weighted by atomic mass is 9.59. The van der Waals surface area contributed by atoms with Crippen LogP contribution in [0.3, 0.4) is 0 Å². The topological polar surface area (TPSA) is 43.4 Å². The molecule has 0 saturated heterocycles. The molecule has 6 aromatic carbocycles. The second-order valence-electron chi connectivity index (χ2n) is 13.4. The van der Waals surface area contributed by atoms with Gasteiger partial charge in [0.2, 0.25) is 0 Å². The zero-order chi connectivity index (χ0) is 33.6. The fraction of sp³-hybridized carbons (Fsp3) is 0. The Kier molecular flexibility index (Phi) is 7.03. The van der Waals surface area contributed by atoms with Crippen molar-refractivity contribution in [2.75, 3.05) is 0 Å². The summed E-state index contributed by atoms with van der Waals surface area (Å²) in [5, 5.41) is 4.43. The molecule has 0 aliphatic rings. The smallest absolute Gasteiger partial charge is 0.190 e. The van der Waals surface area contributed by atoms with E-state index in [2.05, 4.69) is 111 Å². The lowest BCUT2D eigenvalue weighted by Crippen LogP contribution is -2.52. The van der Waals surface area contributed by atoms with E-state index < -0.39 is 0 Å². The normalized spacial score (nSPS) is 11.7. The van der Waals surface area contributed by atoms with Crippen LogP contribution < -0.4 is 43.7 Å². The van der Waals surface area contributed by atoms with Crippen molar-refractivity contribution in [1.29, 1.82) is 0 Å². The molecule has 0 radical (unpaired) electrons. The molecule has 2 aromatic heterocycles. The molecule has 0 fully saturated rings. The zero-order valence-electron chi connectivity index (χ0n) is 28.8. The first-order valence-corrected chi connectivity index (χ1v) is 16.7. The number of hydrogen-bond acceptors (Lipinski definition) is 3. The average Bonchev–Trinajstić information content (AvgIpc) is 3.66. The first kappa shape index (κ1) is 30.4. The highest BCUT2D eigenvalue weighted by molar-refractivity contribution is 6.66. The molecule has 0 bridgehead atoms. The van der Waals surface area contributed by atoms with Crippen LogP contribution in [0.15, 0.2) is 93.8 Å². The van der Waals surface area contributed by atoms with E-state index in [-0.39, 0.29) is 5.78 Å². The van der Waals surface area contributed by atoms with Gasteiger partial charge < -0.3 is 8.83 Å². The van der Waals surface area contributed by atoms with Gasteiger partial charge in [-0.2, -0.15) is 0 Å². The highest BCUT2D eigenvalue weighted by Gasteiger charge is 2.27. The number of rotatable bonds is 4. The quantitative estimate of drug-likeness (QED) is 0.152. The molecule has 2 heterocycles. The predicted molar refractivity (Wildman–Crippen MR) is 227 cm³/mol. The predicted octanol–water partition coefficient (Wildman–Crippen LogP) is -3.88. The van der Waals surface area contributed by atoms with Crippen LogP contribution in [0.2, 0.25) is 0 Å². The minimum atomic E-state index is 0.0828. The van der Waals surface area contributed by atoms with E-state index in [9.17, 15) is 4.79 Å². The van der Waals surface area contributed by atoms with Crippen LogP contribution in [-0.4, -0.2) is 68.6 Å². The molecule has 0 aliphatic heterocycles. The largest absolute Gasteiger partial charge is 0.455 e. The average molecular weight is 609 g/mol. The van der Waals surface area contributed by atoms with Gasteiger partial charge in [0.1, 0.15) is 85.1 Å². The Morgan fingerprint density at radius 1 is 0.396 bits per heavy atom. The Labute approximate surface area is 287 Å². The molecular weight excluding hydrogens is 579 g/mol. The third-order valence-corrected chi connectivity index (χ3v) is 11.1. The van der Waals surface area contributed by atoms with Crippen molar-refractivity contribution in [3.63, 3.8) is 0 Å². The van der Waals surface area contributed by atoms with Crippen LogP contribution in [0.25, 0.3) is 66.1 Å². The molecule has 0 N–H and O–H groups in total. The molecule has 8 rings (SSSR count). The van der Waals surface area contributed by atoms with Crippen molar-refractivity contribution in [2.45, 2.75) is 0 Å². The van der Waals surface area contributed by atoms with Crippen LogP contribution in [0.4, 0.5) is 0 Å². The molecule has 48 heavy (non-hydrogen) atoms. The van der Waals surface area contributed by atoms with E-state index in [4.69, 9.17) is 8.83 Å². The van der Waals surface area contributed by atoms with Gasteiger partial charge in [-0.3, -0.25) is 4.79 Å². The van der Waals surface area contributed by atoms with Crippen molar-refractivity contribution in [3.8, 4) is 22.3 Å².